The maximum atomic E-state index is 10.5. The Bertz CT molecular complexity index is 338. The summed E-state index contributed by atoms with van der Waals surface area (Å²) in [6.07, 6.45) is 7.99. The van der Waals surface area contributed by atoms with Gasteiger partial charge in [0.2, 0.25) is 0 Å². The van der Waals surface area contributed by atoms with Crippen molar-refractivity contribution in [2.45, 2.75) is 38.2 Å². The molecule has 1 aliphatic carbocycles. The Morgan fingerprint density at radius 3 is 2.35 bits per heavy atom. The molecule has 0 spiro atoms. The lowest BCUT2D eigenvalue weighted by atomic mass is 9.76. The van der Waals surface area contributed by atoms with E-state index in [2.05, 4.69) is 6.58 Å². The second-order valence-corrected chi connectivity index (χ2v) is 5.07. The van der Waals surface area contributed by atoms with Gasteiger partial charge in [-0.25, -0.2) is 0 Å². The van der Waals surface area contributed by atoms with Crippen LogP contribution >= 0.6 is 0 Å². The van der Waals surface area contributed by atoms with E-state index < -0.39 is 6.10 Å². The van der Waals surface area contributed by atoms with E-state index in [1.165, 1.54) is 32.1 Å². The summed E-state index contributed by atoms with van der Waals surface area (Å²) >= 11 is 0. The third-order valence-electron chi connectivity index (χ3n) is 3.97. The van der Waals surface area contributed by atoms with Crippen LogP contribution in [0.15, 0.2) is 43.0 Å². The van der Waals surface area contributed by atoms with E-state index in [9.17, 15) is 5.11 Å². The van der Waals surface area contributed by atoms with E-state index in [1.807, 2.05) is 36.4 Å². The van der Waals surface area contributed by atoms with Gasteiger partial charge >= 0.3 is 0 Å². The zero-order chi connectivity index (χ0) is 12.1. The number of rotatable bonds is 4. The van der Waals surface area contributed by atoms with Crippen LogP contribution in [0.3, 0.4) is 0 Å². The fraction of sp³-hybridized carbons (Fsp3) is 0.500. The van der Waals surface area contributed by atoms with Gasteiger partial charge in [-0.15, -0.1) is 6.58 Å². The molecular formula is C16H22O. The van der Waals surface area contributed by atoms with Gasteiger partial charge in [0.05, 0.1) is 6.10 Å². The van der Waals surface area contributed by atoms with Crippen LogP contribution in [0.4, 0.5) is 0 Å². The third kappa shape index (κ3) is 2.98. The Kier molecular flexibility index (Phi) is 4.38. The van der Waals surface area contributed by atoms with Crippen LogP contribution in [0.2, 0.25) is 0 Å². The number of hydrogen-bond acceptors (Lipinski definition) is 1. The summed E-state index contributed by atoms with van der Waals surface area (Å²) in [6.45, 7) is 3.92. The molecule has 0 aliphatic heterocycles. The topological polar surface area (TPSA) is 20.2 Å². The van der Waals surface area contributed by atoms with Crippen LogP contribution in [0.25, 0.3) is 0 Å². The molecule has 1 heteroatoms. The number of hydrogen-bond donors (Lipinski definition) is 1. The summed E-state index contributed by atoms with van der Waals surface area (Å²) in [6, 6.07) is 9.97. The van der Waals surface area contributed by atoms with Gasteiger partial charge in [-0.2, -0.15) is 0 Å². The SMILES string of the molecule is C=CC(C1CCCCC1)C(O)c1ccccc1. The molecule has 1 saturated carbocycles. The average molecular weight is 230 g/mol. The van der Waals surface area contributed by atoms with Crippen molar-refractivity contribution in [3.05, 3.63) is 48.6 Å². The predicted octanol–water partition coefficient (Wildman–Crippen LogP) is 4.10. The minimum absolute atomic E-state index is 0.206. The van der Waals surface area contributed by atoms with Crippen LogP contribution in [0, 0.1) is 11.8 Å². The molecule has 1 aromatic rings. The summed E-state index contributed by atoms with van der Waals surface area (Å²) in [5.41, 5.74) is 1.02. The molecule has 2 unspecified atom stereocenters. The summed E-state index contributed by atoms with van der Waals surface area (Å²) in [4.78, 5) is 0. The minimum Gasteiger partial charge on any atom is -0.388 e. The van der Waals surface area contributed by atoms with Gasteiger partial charge in [0.15, 0.2) is 0 Å². The molecule has 1 fully saturated rings. The zero-order valence-electron chi connectivity index (χ0n) is 10.4. The highest BCUT2D eigenvalue weighted by atomic mass is 16.3. The van der Waals surface area contributed by atoms with Crippen molar-refractivity contribution < 1.29 is 5.11 Å². The Balaban J connectivity index is 2.09. The van der Waals surface area contributed by atoms with Crippen molar-refractivity contribution in [3.8, 4) is 0 Å². The summed E-state index contributed by atoms with van der Waals surface area (Å²) in [5.74, 6) is 0.814. The van der Waals surface area contributed by atoms with Crippen LogP contribution in [-0.4, -0.2) is 5.11 Å². The van der Waals surface area contributed by atoms with Crippen molar-refractivity contribution in [2.75, 3.05) is 0 Å². The largest absolute Gasteiger partial charge is 0.388 e. The molecule has 2 atom stereocenters. The third-order valence-corrected chi connectivity index (χ3v) is 3.97. The second kappa shape index (κ2) is 6.02. The van der Waals surface area contributed by atoms with E-state index in [4.69, 9.17) is 0 Å². The lowest BCUT2D eigenvalue weighted by Crippen LogP contribution is -2.22. The fourth-order valence-electron chi connectivity index (χ4n) is 2.97. The Morgan fingerprint density at radius 1 is 1.12 bits per heavy atom. The maximum Gasteiger partial charge on any atom is 0.0855 e. The molecule has 0 amide bonds. The molecule has 0 radical (unpaired) electrons. The highest BCUT2D eigenvalue weighted by Crippen LogP contribution is 2.37. The van der Waals surface area contributed by atoms with Gasteiger partial charge in [-0.3, -0.25) is 0 Å². The Hall–Kier alpha value is -1.08. The Morgan fingerprint density at radius 2 is 1.76 bits per heavy atom. The van der Waals surface area contributed by atoms with Gasteiger partial charge in [-0.05, 0) is 24.3 Å². The molecule has 1 aromatic carbocycles. The van der Waals surface area contributed by atoms with Crippen molar-refractivity contribution in [1.82, 2.24) is 0 Å². The number of benzene rings is 1. The van der Waals surface area contributed by atoms with Gasteiger partial charge < -0.3 is 5.11 Å². The first-order chi connectivity index (χ1) is 8.33. The summed E-state index contributed by atoms with van der Waals surface area (Å²) in [5, 5.41) is 10.5. The van der Waals surface area contributed by atoms with Gasteiger partial charge in [0.1, 0.15) is 0 Å². The van der Waals surface area contributed by atoms with Crippen molar-refractivity contribution in [2.24, 2.45) is 11.8 Å². The van der Waals surface area contributed by atoms with Crippen LogP contribution < -0.4 is 0 Å². The van der Waals surface area contributed by atoms with Crippen LogP contribution in [0.5, 0.6) is 0 Å². The highest BCUT2D eigenvalue weighted by molar-refractivity contribution is 5.19. The van der Waals surface area contributed by atoms with Crippen molar-refractivity contribution in [1.29, 1.82) is 0 Å². The van der Waals surface area contributed by atoms with Crippen LogP contribution in [0.1, 0.15) is 43.8 Å². The lowest BCUT2D eigenvalue weighted by Gasteiger charge is -2.31. The molecule has 1 nitrogen and oxygen atoms in total. The maximum absolute atomic E-state index is 10.5. The van der Waals surface area contributed by atoms with E-state index in [0.29, 0.717) is 5.92 Å². The Labute approximate surface area is 104 Å². The second-order valence-electron chi connectivity index (χ2n) is 5.07. The van der Waals surface area contributed by atoms with Gasteiger partial charge in [-0.1, -0.05) is 55.7 Å². The molecule has 17 heavy (non-hydrogen) atoms. The van der Waals surface area contributed by atoms with Gasteiger partial charge in [0, 0.05) is 5.92 Å². The van der Waals surface area contributed by atoms with E-state index >= 15 is 0 Å². The lowest BCUT2D eigenvalue weighted by molar-refractivity contribution is 0.0850. The molecule has 0 saturated heterocycles. The van der Waals surface area contributed by atoms with Crippen molar-refractivity contribution >= 4 is 0 Å². The first kappa shape index (κ1) is 12.4. The van der Waals surface area contributed by atoms with E-state index in [1.54, 1.807) is 0 Å². The molecule has 1 aliphatic rings. The zero-order valence-corrected chi connectivity index (χ0v) is 10.4. The summed E-state index contributed by atoms with van der Waals surface area (Å²) in [7, 11) is 0. The molecule has 1 N–H and O–H groups in total. The monoisotopic (exact) mass is 230 g/mol. The predicted molar refractivity (Wildman–Crippen MR) is 71.7 cm³/mol. The van der Waals surface area contributed by atoms with E-state index in [-0.39, 0.29) is 5.92 Å². The molecular weight excluding hydrogens is 208 g/mol. The molecule has 0 bridgehead atoms. The van der Waals surface area contributed by atoms with Gasteiger partial charge in [0.25, 0.3) is 0 Å². The number of aliphatic hydroxyl groups excluding tert-OH is 1. The molecule has 2 rings (SSSR count). The normalized spacial score (nSPS) is 20.8. The smallest absolute Gasteiger partial charge is 0.0855 e. The van der Waals surface area contributed by atoms with E-state index in [0.717, 1.165) is 5.56 Å². The van der Waals surface area contributed by atoms with Crippen molar-refractivity contribution in [3.63, 3.8) is 0 Å². The molecule has 92 valence electrons. The highest BCUT2D eigenvalue weighted by Gasteiger charge is 2.27. The molecule has 0 aromatic heterocycles. The summed E-state index contributed by atoms with van der Waals surface area (Å²) < 4.78 is 0. The first-order valence-electron chi connectivity index (χ1n) is 6.68. The average Bonchev–Trinajstić information content (AvgIpc) is 2.42. The minimum atomic E-state index is -0.392. The number of aliphatic hydroxyl groups is 1. The fourth-order valence-corrected chi connectivity index (χ4v) is 2.97. The first-order valence-corrected chi connectivity index (χ1v) is 6.68. The standard InChI is InChI=1S/C16H22O/c1-2-15(13-9-5-3-6-10-13)16(17)14-11-7-4-8-12-14/h2,4,7-8,11-13,15-17H,1,3,5-6,9-10H2. The molecule has 0 heterocycles. The quantitative estimate of drug-likeness (QED) is 0.772. The van der Waals surface area contributed by atoms with Crippen LogP contribution in [-0.2, 0) is 0 Å².